The summed E-state index contributed by atoms with van der Waals surface area (Å²) in [6, 6.07) is 26.6. The number of esters is 1. The summed E-state index contributed by atoms with van der Waals surface area (Å²) in [5.74, 6) is 0.306. The fourth-order valence-electron chi connectivity index (χ4n) is 4.82. The van der Waals surface area contributed by atoms with Gasteiger partial charge in [-0.2, -0.15) is 11.8 Å². The molecule has 1 heterocycles. The lowest BCUT2D eigenvalue weighted by molar-refractivity contribution is -0.142. The van der Waals surface area contributed by atoms with Crippen LogP contribution in [0.2, 0.25) is 5.02 Å². The smallest absolute Gasteiger partial charge is 0.312 e. The van der Waals surface area contributed by atoms with Gasteiger partial charge in [-0.15, -0.1) is 0 Å². The number of ether oxygens (including phenoxy) is 1. The van der Waals surface area contributed by atoms with E-state index in [9.17, 15) is 9.90 Å². The highest BCUT2D eigenvalue weighted by Crippen LogP contribution is 2.36. The zero-order chi connectivity index (χ0) is 29.4. The summed E-state index contributed by atoms with van der Waals surface area (Å²) in [5, 5.41) is 12.3. The number of aliphatic hydroxyl groups is 1. The van der Waals surface area contributed by atoms with Crippen molar-refractivity contribution < 1.29 is 14.6 Å². The van der Waals surface area contributed by atoms with Crippen LogP contribution in [0.1, 0.15) is 72.7 Å². The van der Waals surface area contributed by atoms with Crippen molar-refractivity contribution in [3.05, 3.63) is 112 Å². The van der Waals surface area contributed by atoms with Crippen molar-refractivity contribution in [1.29, 1.82) is 0 Å². The number of pyridine rings is 1. The van der Waals surface area contributed by atoms with Gasteiger partial charge in [-0.1, -0.05) is 78.3 Å². The second-order valence-corrected chi connectivity index (χ2v) is 12.7. The van der Waals surface area contributed by atoms with E-state index < -0.39 is 5.60 Å². The van der Waals surface area contributed by atoms with Crippen LogP contribution in [0.15, 0.2) is 78.9 Å². The third-order valence-electron chi connectivity index (χ3n) is 7.19. The highest BCUT2D eigenvalue weighted by atomic mass is 35.5. The zero-order valence-electron chi connectivity index (χ0n) is 24.1. The molecule has 214 valence electrons. The van der Waals surface area contributed by atoms with Crippen molar-refractivity contribution in [2.24, 2.45) is 0 Å². The van der Waals surface area contributed by atoms with Crippen LogP contribution in [-0.2, 0) is 16.0 Å². The molecule has 0 radical (unpaired) electrons. The fraction of sp³-hybridized carbons (Fsp3) is 0.314. The quantitative estimate of drug-likeness (QED) is 0.168. The summed E-state index contributed by atoms with van der Waals surface area (Å²) in [6.45, 7) is 5.61. The lowest BCUT2D eigenvalue weighted by Crippen LogP contribution is -2.19. The van der Waals surface area contributed by atoms with Gasteiger partial charge < -0.3 is 9.84 Å². The van der Waals surface area contributed by atoms with Gasteiger partial charge in [0.2, 0.25) is 0 Å². The predicted molar refractivity (Wildman–Crippen MR) is 173 cm³/mol. The Kier molecular flexibility index (Phi) is 10.7. The molecule has 0 spiro atoms. The number of hydrogen-bond acceptors (Lipinski definition) is 5. The van der Waals surface area contributed by atoms with Crippen LogP contribution in [0.5, 0.6) is 0 Å². The maximum absolute atomic E-state index is 12.3. The molecular weight excluding hydrogens is 550 g/mol. The van der Waals surface area contributed by atoms with Crippen molar-refractivity contribution in [2.45, 2.75) is 56.8 Å². The van der Waals surface area contributed by atoms with Crippen molar-refractivity contribution in [3.8, 4) is 0 Å². The van der Waals surface area contributed by atoms with Gasteiger partial charge in [-0.25, -0.2) is 4.98 Å². The molecule has 0 aliphatic heterocycles. The average molecular weight is 588 g/mol. The predicted octanol–water partition coefficient (Wildman–Crippen LogP) is 8.90. The summed E-state index contributed by atoms with van der Waals surface area (Å²) in [5.41, 5.74) is 5.56. The Morgan fingerprint density at radius 3 is 2.61 bits per heavy atom. The van der Waals surface area contributed by atoms with Gasteiger partial charge in [0.15, 0.2) is 0 Å². The topological polar surface area (TPSA) is 59.4 Å². The SMILES string of the molecule is COC(=O)C(C)c1ccccc1CC[C@H](SCCC(C)(C)O)c1cccc(C=Cc2ccc3ccc(Cl)cc3n2)c1. The maximum Gasteiger partial charge on any atom is 0.312 e. The molecular formula is C35H38ClNO3S. The van der Waals surface area contributed by atoms with E-state index in [1.807, 2.05) is 81.1 Å². The molecule has 0 saturated heterocycles. The lowest BCUT2D eigenvalue weighted by atomic mass is 9.92. The summed E-state index contributed by atoms with van der Waals surface area (Å²) in [7, 11) is 1.43. The van der Waals surface area contributed by atoms with Gasteiger partial charge in [0, 0.05) is 15.7 Å². The summed E-state index contributed by atoms with van der Waals surface area (Å²) in [4.78, 5) is 17.0. The number of rotatable bonds is 12. The Balaban J connectivity index is 1.55. The number of aryl methyl sites for hydroxylation is 1. The molecule has 1 aromatic heterocycles. The van der Waals surface area contributed by atoms with Gasteiger partial charge in [-0.05, 0) is 92.3 Å². The van der Waals surface area contributed by atoms with Gasteiger partial charge in [0.25, 0.3) is 0 Å². The van der Waals surface area contributed by atoms with Gasteiger partial charge >= 0.3 is 5.97 Å². The van der Waals surface area contributed by atoms with Crippen LogP contribution in [-0.4, -0.2) is 34.5 Å². The molecule has 1 unspecified atom stereocenters. The molecule has 6 heteroatoms. The Morgan fingerprint density at radius 2 is 1.83 bits per heavy atom. The molecule has 4 rings (SSSR count). The Hall–Kier alpha value is -3.12. The monoisotopic (exact) mass is 587 g/mol. The molecule has 2 atom stereocenters. The second kappa shape index (κ2) is 14.2. The van der Waals surface area contributed by atoms with E-state index >= 15 is 0 Å². The van der Waals surface area contributed by atoms with E-state index in [4.69, 9.17) is 21.3 Å². The van der Waals surface area contributed by atoms with Crippen LogP contribution < -0.4 is 0 Å². The molecule has 0 amide bonds. The molecule has 1 N–H and O–H groups in total. The Bertz CT molecular complexity index is 1510. The van der Waals surface area contributed by atoms with E-state index in [0.29, 0.717) is 11.4 Å². The number of carbonyl (C=O) groups excluding carboxylic acids is 1. The minimum absolute atomic E-state index is 0.225. The van der Waals surface area contributed by atoms with Gasteiger partial charge in [0.1, 0.15) is 0 Å². The van der Waals surface area contributed by atoms with Crippen LogP contribution in [0.4, 0.5) is 0 Å². The first-order chi connectivity index (χ1) is 19.6. The standard InChI is InChI=1S/C35H38ClNO3S/c1-24(34(38)40-4)31-11-6-5-9-26(31)15-19-33(41-21-20-35(2,3)39)28-10-7-8-25(22-28)12-17-30-18-14-27-13-16-29(36)23-32(27)37-30/h5-14,16-18,22-24,33,39H,15,19-21H2,1-4H3/t24?,33-/m0/s1. The zero-order valence-corrected chi connectivity index (χ0v) is 25.7. The second-order valence-electron chi connectivity index (χ2n) is 11.0. The minimum Gasteiger partial charge on any atom is -0.469 e. The molecule has 4 nitrogen and oxygen atoms in total. The van der Waals surface area contributed by atoms with Crippen LogP contribution in [0, 0.1) is 0 Å². The largest absolute Gasteiger partial charge is 0.469 e. The number of aromatic nitrogens is 1. The Labute approximate surface area is 252 Å². The fourth-order valence-corrected chi connectivity index (χ4v) is 6.51. The van der Waals surface area contributed by atoms with E-state index in [-0.39, 0.29) is 17.1 Å². The first-order valence-electron chi connectivity index (χ1n) is 14.0. The lowest BCUT2D eigenvalue weighted by Gasteiger charge is -2.22. The molecule has 4 aromatic rings. The first kappa shape index (κ1) is 30.8. The van der Waals surface area contributed by atoms with Gasteiger partial charge in [-0.3, -0.25) is 4.79 Å². The molecule has 0 aliphatic rings. The van der Waals surface area contributed by atoms with E-state index in [1.165, 1.54) is 12.7 Å². The number of methoxy groups -OCH3 is 1. The number of nitrogens with zero attached hydrogens (tertiary/aromatic N) is 1. The van der Waals surface area contributed by atoms with E-state index in [2.05, 4.69) is 42.5 Å². The maximum atomic E-state index is 12.3. The minimum atomic E-state index is -0.707. The molecule has 0 aliphatic carbocycles. The molecule has 0 saturated carbocycles. The average Bonchev–Trinajstić information content (AvgIpc) is 2.96. The van der Waals surface area contributed by atoms with Crippen molar-refractivity contribution in [3.63, 3.8) is 0 Å². The Morgan fingerprint density at radius 1 is 1.05 bits per heavy atom. The van der Waals surface area contributed by atoms with Crippen LogP contribution in [0.3, 0.4) is 0 Å². The molecule has 41 heavy (non-hydrogen) atoms. The number of hydrogen-bond donors (Lipinski definition) is 1. The highest BCUT2D eigenvalue weighted by Gasteiger charge is 2.21. The number of benzene rings is 3. The summed E-state index contributed by atoms with van der Waals surface area (Å²) < 4.78 is 5.01. The highest BCUT2D eigenvalue weighted by molar-refractivity contribution is 7.99. The van der Waals surface area contributed by atoms with Gasteiger partial charge in [0.05, 0.1) is 29.8 Å². The van der Waals surface area contributed by atoms with E-state index in [0.717, 1.165) is 51.9 Å². The molecule has 3 aromatic carbocycles. The van der Waals surface area contributed by atoms with Crippen molar-refractivity contribution >= 4 is 52.4 Å². The van der Waals surface area contributed by atoms with Crippen LogP contribution >= 0.6 is 23.4 Å². The van der Waals surface area contributed by atoms with Crippen LogP contribution in [0.25, 0.3) is 23.1 Å². The van der Waals surface area contributed by atoms with Crippen molar-refractivity contribution in [1.82, 2.24) is 4.98 Å². The van der Waals surface area contributed by atoms with Crippen molar-refractivity contribution in [2.75, 3.05) is 12.9 Å². The summed E-state index contributed by atoms with van der Waals surface area (Å²) >= 11 is 8.04. The molecule has 0 fully saturated rings. The normalized spacial score (nSPS) is 13.4. The summed E-state index contributed by atoms with van der Waals surface area (Å²) in [6.07, 6.45) is 6.57. The number of carbonyl (C=O) groups is 1. The third kappa shape index (κ3) is 8.93. The first-order valence-corrected chi connectivity index (χ1v) is 15.4. The number of fused-ring (bicyclic) bond motifs is 1. The third-order valence-corrected chi connectivity index (χ3v) is 8.77. The number of halogens is 1. The number of thioether (sulfide) groups is 1. The van der Waals surface area contributed by atoms with E-state index in [1.54, 1.807) is 0 Å². The molecule has 0 bridgehead atoms.